The third-order valence-electron chi connectivity index (χ3n) is 3.59. The van der Waals surface area contributed by atoms with Crippen molar-refractivity contribution >= 4 is 57.1 Å². The van der Waals surface area contributed by atoms with Crippen LogP contribution in [0, 0.1) is 6.92 Å². The molecule has 152 valence electrons. The molecule has 2 aromatic heterocycles. The van der Waals surface area contributed by atoms with Gasteiger partial charge in [0.25, 0.3) is 5.91 Å². The number of benzene rings is 1. The number of carbonyl (C=O) groups is 2. The van der Waals surface area contributed by atoms with Gasteiger partial charge >= 0.3 is 0 Å². The Morgan fingerprint density at radius 1 is 1.14 bits per heavy atom. The van der Waals surface area contributed by atoms with Crippen LogP contribution in [0.15, 0.2) is 34.0 Å². The first-order chi connectivity index (χ1) is 14.0. The molecule has 0 radical (unpaired) electrons. The van der Waals surface area contributed by atoms with Crippen LogP contribution in [0.25, 0.3) is 0 Å². The normalized spacial score (nSPS) is 10.4. The van der Waals surface area contributed by atoms with E-state index in [0.717, 1.165) is 5.56 Å². The number of aromatic nitrogens is 2. The fourth-order valence-electron chi connectivity index (χ4n) is 2.25. The van der Waals surface area contributed by atoms with Crippen molar-refractivity contribution in [3.05, 3.63) is 40.1 Å². The maximum atomic E-state index is 12.3. The lowest BCUT2D eigenvalue weighted by molar-refractivity contribution is -0.113. The molecule has 0 bridgehead atoms. The molecule has 2 N–H and O–H groups in total. The number of amides is 2. The second-order valence-corrected chi connectivity index (χ2v) is 8.83. The van der Waals surface area contributed by atoms with E-state index in [2.05, 4.69) is 20.8 Å². The van der Waals surface area contributed by atoms with Gasteiger partial charge in [-0.05, 0) is 36.1 Å². The van der Waals surface area contributed by atoms with Crippen LogP contribution in [0.5, 0.6) is 11.5 Å². The molecule has 0 saturated heterocycles. The summed E-state index contributed by atoms with van der Waals surface area (Å²) in [4.78, 5) is 25.1. The van der Waals surface area contributed by atoms with Crippen LogP contribution in [-0.2, 0) is 4.79 Å². The number of aryl methyl sites for hydroxylation is 1. The van der Waals surface area contributed by atoms with Gasteiger partial charge in [0.1, 0.15) is 11.5 Å². The van der Waals surface area contributed by atoms with Crippen molar-refractivity contribution in [1.29, 1.82) is 0 Å². The average Bonchev–Trinajstić information content (AvgIpc) is 3.35. The molecule has 0 aliphatic rings. The molecule has 2 amide bonds. The Bertz CT molecular complexity index is 1020. The van der Waals surface area contributed by atoms with Gasteiger partial charge in [0.05, 0.1) is 30.5 Å². The number of hydrogen-bond acceptors (Lipinski definition) is 9. The molecule has 0 aliphatic carbocycles. The molecular formula is C18H18N4O4S3. The van der Waals surface area contributed by atoms with E-state index in [1.165, 1.54) is 41.5 Å². The Morgan fingerprint density at radius 3 is 2.66 bits per heavy atom. The molecule has 0 saturated carbocycles. The van der Waals surface area contributed by atoms with Crippen molar-refractivity contribution in [2.24, 2.45) is 0 Å². The standard InChI is InChI=1S/C18H18N4O4S3/c1-10-6-14(27-8-10)16(24)20-17-21-22-18(29-17)28-9-15(23)19-12-7-11(25-2)4-5-13(12)26-3/h4-8H,9H2,1-3H3,(H,19,23)(H,20,21,24). The molecule has 3 aromatic rings. The number of nitrogens with zero attached hydrogens (tertiary/aromatic N) is 2. The largest absolute Gasteiger partial charge is 0.497 e. The zero-order valence-electron chi connectivity index (χ0n) is 15.8. The zero-order valence-corrected chi connectivity index (χ0v) is 18.3. The molecule has 2 heterocycles. The number of thioether (sulfide) groups is 1. The second-order valence-electron chi connectivity index (χ2n) is 5.72. The summed E-state index contributed by atoms with van der Waals surface area (Å²) in [6.45, 7) is 1.93. The Labute approximate surface area is 179 Å². The molecule has 3 rings (SSSR count). The number of anilines is 2. The maximum Gasteiger partial charge on any atom is 0.267 e. The van der Waals surface area contributed by atoms with Crippen molar-refractivity contribution < 1.29 is 19.1 Å². The van der Waals surface area contributed by atoms with Gasteiger partial charge in [-0.1, -0.05) is 23.1 Å². The summed E-state index contributed by atoms with van der Waals surface area (Å²) in [5, 5.41) is 15.8. The fourth-order valence-corrected chi connectivity index (χ4v) is 4.59. The predicted octanol–water partition coefficient (Wildman–Crippen LogP) is 3.91. The van der Waals surface area contributed by atoms with E-state index in [1.54, 1.807) is 25.3 Å². The summed E-state index contributed by atoms with van der Waals surface area (Å²) >= 11 is 3.82. The first-order valence-electron chi connectivity index (χ1n) is 8.33. The van der Waals surface area contributed by atoms with Gasteiger partial charge in [0.15, 0.2) is 4.34 Å². The number of carbonyl (C=O) groups excluding carboxylic acids is 2. The van der Waals surface area contributed by atoms with Gasteiger partial charge in [-0.3, -0.25) is 14.9 Å². The van der Waals surface area contributed by atoms with Crippen molar-refractivity contribution in [2.45, 2.75) is 11.3 Å². The highest BCUT2D eigenvalue weighted by Crippen LogP contribution is 2.30. The van der Waals surface area contributed by atoms with Gasteiger partial charge in [0, 0.05) is 6.07 Å². The third-order valence-corrected chi connectivity index (χ3v) is 6.61. The maximum absolute atomic E-state index is 12.3. The summed E-state index contributed by atoms with van der Waals surface area (Å²) in [5.41, 5.74) is 1.56. The van der Waals surface area contributed by atoms with E-state index in [9.17, 15) is 9.59 Å². The van der Waals surface area contributed by atoms with Gasteiger partial charge in [-0.15, -0.1) is 21.5 Å². The van der Waals surface area contributed by atoms with Gasteiger partial charge in [-0.2, -0.15) is 0 Å². The van der Waals surface area contributed by atoms with E-state index >= 15 is 0 Å². The molecule has 0 fully saturated rings. The predicted molar refractivity (Wildman–Crippen MR) is 116 cm³/mol. The van der Waals surface area contributed by atoms with E-state index in [1.807, 2.05) is 18.4 Å². The number of ether oxygens (including phenoxy) is 2. The zero-order chi connectivity index (χ0) is 20.8. The highest BCUT2D eigenvalue weighted by molar-refractivity contribution is 8.01. The van der Waals surface area contributed by atoms with E-state index < -0.39 is 0 Å². The topological polar surface area (TPSA) is 102 Å². The molecule has 0 spiro atoms. The summed E-state index contributed by atoms with van der Waals surface area (Å²) in [6, 6.07) is 6.97. The first-order valence-corrected chi connectivity index (χ1v) is 11.0. The van der Waals surface area contributed by atoms with Crippen LogP contribution in [0.3, 0.4) is 0 Å². The Hall–Kier alpha value is -2.63. The molecular weight excluding hydrogens is 432 g/mol. The summed E-state index contributed by atoms with van der Waals surface area (Å²) < 4.78 is 11.0. The molecule has 0 unspecified atom stereocenters. The van der Waals surface area contributed by atoms with Crippen LogP contribution in [0.1, 0.15) is 15.2 Å². The molecule has 29 heavy (non-hydrogen) atoms. The van der Waals surface area contributed by atoms with E-state index in [0.29, 0.717) is 31.5 Å². The van der Waals surface area contributed by atoms with Crippen molar-refractivity contribution in [1.82, 2.24) is 10.2 Å². The Balaban J connectivity index is 1.54. The molecule has 8 nitrogen and oxygen atoms in total. The number of methoxy groups -OCH3 is 2. The first kappa shape index (κ1) is 21.1. The quantitative estimate of drug-likeness (QED) is 0.396. The van der Waals surface area contributed by atoms with Gasteiger partial charge < -0.3 is 14.8 Å². The van der Waals surface area contributed by atoms with Crippen LogP contribution >= 0.6 is 34.4 Å². The number of nitrogens with one attached hydrogen (secondary N) is 2. The minimum absolute atomic E-state index is 0.132. The van der Waals surface area contributed by atoms with Crippen LogP contribution in [0.2, 0.25) is 0 Å². The lowest BCUT2D eigenvalue weighted by Gasteiger charge is -2.11. The molecule has 1 aromatic carbocycles. The van der Waals surface area contributed by atoms with Gasteiger partial charge in [0.2, 0.25) is 11.0 Å². The third kappa shape index (κ3) is 5.68. The minimum Gasteiger partial charge on any atom is -0.497 e. The lowest BCUT2D eigenvalue weighted by Crippen LogP contribution is -2.14. The SMILES string of the molecule is COc1ccc(OC)c(NC(=O)CSc2nnc(NC(=O)c3cc(C)cs3)s2)c1. The summed E-state index contributed by atoms with van der Waals surface area (Å²) in [5.74, 6) is 0.829. The lowest BCUT2D eigenvalue weighted by atomic mass is 10.2. The Morgan fingerprint density at radius 2 is 1.97 bits per heavy atom. The smallest absolute Gasteiger partial charge is 0.267 e. The molecule has 11 heteroatoms. The van der Waals surface area contributed by atoms with E-state index in [4.69, 9.17) is 9.47 Å². The number of thiophene rings is 1. The monoisotopic (exact) mass is 450 g/mol. The van der Waals surface area contributed by atoms with Gasteiger partial charge in [-0.25, -0.2) is 0 Å². The summed E-state index contributed by atoms with van der Waals surface area (Å²) in [6.07, 6.45) is 0. The van der Waals surface area contributed by atoms with Crippen LogP contribution < -0.4 is 20.1 Å². The minimum atomic E-state index is -0.226. The second kappa shape index (κ2) is 9.72. The Kier molecular flexibility index (Phi) is 7.07. The average molecular weight is 451 g/mol. The number of rotatable bonds is 8. The fraction of sp³-hybridized carbons (Fsp3) is 0.222. The van der Waals surface area contributed by atoms with E-state index in [-0.39, 0.29) is 17.6 Å². The summed E-state index contributed by atoms with van der Waals surface area (Å²) in [7, 11) is 3.08. The molecule has 0 aliphatic heterocycles. The molecule has 0 atom stereocenters. The van der Waals surface area contributed by atoms with Crippen molar-refractivity contribution in [3.8, 4) is 11.5 Å². The highest BCUT2D eigenvalue weighted by atomic mass is 32.2. The highest BCUT2D eigenvalue weighted by Gasteiger charge is 2.14. The van der Waals surface area contributed by atoms with Crippen LogP contribution in [0.4, 0.5) is 10.8 Å². The van der Waals surface area contributed by atoms with Crippen LogP contribution in [-0.4, -0.2) is 42.0 Å². The van der Waals surface area contributed by atoms with Crippen molar-refractivity contribution in [2.75, 3.05) is 30.6 Å². The number of hydrogen-bond donors (Lipinski definition) is 2. The van der Waals surface area contributed by atoms with Crippen molar-refractivity contribution in [3.63, 3.8) is 0 Å².